The highest BCUT2D eigenvalue weighted by molar-refractivity contribution is 5.88. The van der Waals surface area contributed by atoms with E-state index in [1.54, 1.807) is 6.07 Å². The van der Waals surface area contributed by atoms with Gasteiger partial charge in [-0.2, -0.15) is 0 Å². The van der Waals surface area contributed by atoms with Gasteiger partial charge in [-0.3, -0.25) is 9.59 Å². The molecule has 1 aromatic rings. The molecule has 2 aliphatic rings. The van der Waals surface area contributed by atoms with E-state index >= 15 is 0 Å². The Morgan fingerprint density at radius 1 is 1.38 bits per heavy atom. The average molecular weight is 334 g/mol. The Kier molecular flexibility index (Phi) is 4.58. The van der Waals surface area contributed by atoms with Crippen molar-refractivity contribution in [1.29, 1.82) is 0 Å². The van der Waals surface area contributed by atoms with Gasteiger partial charge in [0, 0.05) is 19.9 Å². The SMILES string of the molecule is CC(=O)N1C[C@@H](O)C[C@@H]1C(=O)N[C@H]1c2cccc(F)c2CC[C@H]1C. The van der Waals surface area contributed by atoms with Crippen LogP contribution in [0.5, 0.6) is 0 Å². The number of amides is 2. The molecule has 0 bridgehead atoms. The number of aliphatic hydroxyl groups is 1. The molecule has 1 heterocycles. The van der Waals surface area contributed by atoms with Crippen LogP contribution in [-0.2, 0) is 16.0 Å². The van der Waals surface area contributed by atoms with Gasteiger partial charge in [-0.05, 0) is 36.0 Å². The molecule has 1 fully saturated rings. The zero-order valence-corrected chi connectivity index (χ0v) is 14.0. The fourth-order valence-electron chi connectivity index (χ4n) is 3.86. The maximum Gasteiger partial charge on any atom is 0.243 e. The fourth-order valence-corrected chi connectivity index (χ4v) is 3.86. The molecular weight excluding hydrogens is 311 g/mol. The molecule has 0 saturated carbocycles. The Morgan fingerprint density at radius 2 is 2.12 bits per heavy atom. The molecule has 2 N–H and O–H groups in total. The maximum absolute atomic E-state index is 14.0. The minimum atomic E-state index is -0.682. The number of nitrogens with zero attached hydrogens (tertiary/aromatic N) is 1. The molecule has 4 atom stereocenters. The number of halogens is 1. The van der Waals surface area contributed by atoms with E-state index in [9.17, 15) is 19.1 Å². The Hall–Kier alpha value is -1.95. The number of rotatable bonds is 2. The van der Waals surface area contributed by atoms with Gasteiger partial charge in [0.05, 0.1) is 12.1 Å². The number of nitrogens with one attached hydrogen (secondary N) is 1. The highest BCUT2D eigenvalue weighted by Gasteiger charge is 2.39. The van der Waals surface area contributed by atoms with E-state index in [2.05, 4.69) is 5.32 Å². The molecular formula is C18H23FN2O3. The second-order valence-electron chi connectivity index (χ2n) is 6.89. The summed E-state index contributed by atoms with van der Waals surface area (Å²) in [6.45, 7) is 3.61. The molecule has 1 aromatic carbocycles. The third kappa shape index (κ3) is 3.02. The topological polar surface area (TPSA) is 69.6 Å². The lowest BCUT2D eigenvalue weighted by Crippen LogP contribution is -2.47. The van der Waals surface area contributed by atoms with Gasteiger partial charge in [0.15, 0.2) is 0 Å². The Labute approximate surface area is 140 Å². The zero-order valence-electron chi connectivity index (χ0n) is 14.0. The van der Waals surface area contributed by atoms with Crippen molar-refractivity contribution in [3.8, 4) is 0 Å². The summed E-state index contributed by atoms with van der Waals surface area (Å²) in [6.07, 6.45) is 1.01. The predicted octanol–water partition coefficient (Wildman–Crippen LogP) is 1.55. The predicted molar refractivity (Wildman–Crippen MR) is 86.6 cm³/mol. The second-order valence-corrected chi connectivity index (χ2v) is 6.89. The molecule has 6 heteroatoms. The van der Waals surface area contributed by atoms with Gasteiger partial charge in [-0.25, -0.2) is 4.39 Å². The third-order valence-electron chi connectivity index (χ3n) is 5.19. The lowest BCUT2D eigenvalue weighted by Gasteiger charge is -2.34. The summed E-state index contributed by atoms with van der Waals surface area (Å²) in [6, 6.07) is 4.02. The van der Waals surface area contributed by atoms with Crippen molar-refractivity contribution in [2.45, 2.75) is 51.3 Å². The molecule has 3 rings (SSSR count). The lowest BCUT2D eigenvalue weighted by molar-refractivity contribution is -0.137. The van der Waals surface area contributed by atoms with Crippen molar-refractivity contribution >= 4 is 11.8 Å². The van der Waals surface area contributed by atoms with Gasteiger partial charge in [-0.1, -0.05) is 19.1 Å². The van der Waals surface area contributed by atoms with E-state index in [4.69, 9.17) is 0 Å². The van der Waals surface area contributed by atoms with Crippen molar-refractivity contribution in [3.05, 3.63) is 35.1 Å². The van der Waals surface area contributed by atoms with Crippen LogP contribution in [0.3, 0.4) is 0 Å². The standard InChI is InChI=1S/C18H23FN2O3/c1-10-6-7-13-14(4-3-5-15(13)19)17(10)20-18(24)16-8-12(23)9-21(16)11(2)22/h3-5,10,12,16-17,23H,6-9H2,1-2H3,(H,20,24)/t10-,12+,16-,17-/m1/s1. The van der Waals surface area contributed by atoms with Gasteiger partial charge < -0.3 is 15.3 Å². The Bertz CT molecular complexity index is 664. The number of benzene rings is 1. The van der Waals surface area contributed by atoms with Gasteiger partial charge in [0.25, 0.3) is 0 Å². The van der Waals surface area contributed by atoms with E-state index in [0.29, 0.717) is 12.0 Å². The Balaban J connectivity index is 1.82. The summed E-state index contributed by atoms with van der Waals surface area (Å²) in [5, 5.41) is 12.8. The first-order valence-electron chi connectivity index (χ1n) is 8.41. The van der Waals surface area contributed by atoms with Crippen LogP contribution in [-0.4, -0.2) is 40.5 Å². The quantitative estimate of drug-likeness (QED) is 0.862. The fraction of sp³-hybridized carbons (Fsp3) is 0.556. The molecule has 0 spiro atoms. The van der Waals surface area contributed by atoms with Crippen molar-refractivity contribution in [3.63, 3.8) is 0 Å². The van der Waals surface area contributed by atoms with Gasteiger partial charge in [-0.15, -0.1) is 0 Å². The van der Waals surface area contributed by atoms with Crippen LogP contribution in [0.4, 0.5) is 4.39 Å². The minimum absolute atomic E-state index is 0.179. The van der Waals surface area contributed by atoms with E-state index in [0.717, 1.165) is 12.0 Å². The van der Waals surface area contributed by atoms with E-state index in [1.807, 2.05) is 13.0 Å². The van der Waals surface area contributed by atoms with Crippen molar-refractivity contribution in [2.24, 2.45) is 5.92 Å². The number of hydrogen-bond donors (Lipinski definition) is 2. The smallest absolute Gasteiger partial charge is 0.243 e. The normalized spacial score (nSPS) is 29.2. The molecule has 0 aromatic heterocycles. The summed E-state index contributed by atoms with van der Waals surface area (Å²) >= 11 is 0. The number of β-amino-alcohol motifs (C(OH)–C–C–N with tert-alkyl or cyclic N) is 1. The number of hydrogen-bond acceptors (Lipinski definition) is 3. The molecule has 1 saturated heterocycles. The highest BCUT2D eigenvalue weighted by atomic mass is 19.1. The molecule has 5 nitrogen and oxygen atoms in total. The summed E-state index contributed by atoms with van der Waals surface area (Å²) in [4.78, 5) is 25.8. The molecule has 0 radical (unpaired) electrons. The van der Waals surface area contributed by atoms with E-state index < -0.39 is 12.1 Å². The van der Waals surface area contributed by atoms with Crippen molar-refractivity contribution in [2.75, 3.05) is 6.54 Å². The van der Waals surface area contributed by atoms with Gasteiger partial charge in [0.1, 0.15) is 11.9 Å². The van der Waals surface area contributed by atoms with Crippen LogP contribution in [0.1, 0.15) is 43.9 Å². The lowest BCUT2D eigenvalue weighted by atomic mass is 9.80. The Morgan fingerprint density at radius 3 is 2.83 bits per heavy atom. The van der Waals surface area contributed by atoms with E-state index in [1.165, 1.54) is 17.9 Å². The number of carbonyl (C=O) groups excluding carboxylic acids is 2. The van der Waals surface area contributed by atoms with Crippen molar-refractivity contribution < 1.29 is 19.1 Å². The third-order valence-corrected chi connectivity index (χ3v) is 5.19. The number of likely N-dealkylation sites (tertiary alicyclic amines) is 1. The van der Waals surface area contributed by atoms with Crippen LogP contribution in [0.25, 0.3) is 0 Å². The number of carbonyl (C=O) groups is 2. The average Bonchev–Trinajstić information content (AvgIpc) is 2.92. The van der Waals surface area contributed by atoms with Crippen LogP contribution in [0, 0.1) is 11.7 Å². The first-order chi connectivity index (χ1) is 11.4. The maximum atomic E-state index is 14.0. The largest absolute Gasteiger partial charge is 0.391 e. The van der Waals surface area contributed by atoms with Crippen LogP contribution >= 0.6 is 0 Å². The molecule has 1 aliphatic carbocycles. The first-order valence-corrected chi connectivity index (χ1v) is 8.41. The van der Waals surface area contributed by atoms with E-state index in [-0.39, 0.29) is 42.6 Å². The molecule has 130 valence electrons. The highest BCUT2D eigenvalue weighted by Crippen LogP contribution is 2.35. The summed E-state index contributed by atoms with van der Waals surface area (Å²) < 4.78 is 14.0. The summed E-state index contributed by atoms with van der Waals surface area (Å²) in [5.41, 5.74) is 1.48. The summed E-state index contributed by atoms with van der Waals surface area (Å²) in [7, 11) is 0. The molecule has 1 aliphatic heterocycles. The van der Waals surface area contributed by atoms with Crippen LogP contribution < -0.4 is 5.32 Å². The molecule has 24 heavy (non-hydrogen) atoms. The monoisotopic (exact) mass is 334 g/mol. The number of fused-ring (bicyclic) bond motifs is 1. The zero-order chi connectivity index (χ0) is 17.4. The first kappa shape index (κ1) is 16.9. The van der Waals surface area contributed by atoms with Gasteiger partial charge in [0.2, 0.25) is 11.8 Å². The summed E-state index contributed by atoms with van der Waals surface area (Å²) in [5.74, 6) is -0.564. The molecule has 2 amide bonds. The van der Waals surface area contributed by atoms with Crippen LogP contribution in [0.15, 0.2) is 18.2 Å². The number of aliphatic hydroxyl groups excluding tert-OH is 1. The molecule has 0 unspecified atom stereocenters. The van der Waals surface area contributed by atoms with Crippen molar-refractivity contribution in [1.82, 2.24) is 10.2 Å². The van der Waals surface area contributed by atoms with Gasteiger partial charge >= 0.3 is 0 Å². The van der Waals surface area contributed by atoms with Crippen LogP contribution in [0.2, 0.25) is 0 Å². The second kappa shape index (κ2) is 6.51. The minimum Gasteiger partial charge on any atom is -0.391 e.